The molecule has 3 unspecified atom stereocenters. The number of hydrogen-bond acceptors (Lipinski definition) is 4. The van der Waals surface area contributed by atoms with Crippen LogP contribution in [0.4, 0.5) is 4.79 Å². The molecule has 2 bridgehead atoms. The summed E-state index contributed by atoms with van der Waals surface area (Å²) in [6, 6.07) is 3.07. The van der Waals surface area contributed by atoms with E-state index >= 15 is 0 Å². The zero-order valence-corrected chi connectivity index (χ0v) is 12.4. The molecule has 21 heavy (non-hydrogen) atoms. The predicted octanol–water partition coefficient (Wildman–Crippen LogP) is 1.56. The van der Waals surface area contributed by atoms with E-state index in [-0.39, 0.29) is 6.03 Å². The highest BCUT2D eigenvalue weighted by Gasteiger charge is 2.56. The molecule has 0 aliphatic carbocycles. The first kappa shape index (κ1) is 13.7. The molecule has 3 atom stereocenters. The van der Waals surface area contributed by atoms with Crippen molar-refractivity contribution in [1.29, 1.82) is 0 Å². The Bertz CT molecular complexity index is 643. The van der Waals surface area contributed by atoms with Crippen LogP contribution in [0.2, 0.25) is 0 Å². The minimum Gasteiger partial charge on any atom is -0.469 e. The SMILES string of the molecule is COC(=O)C1C2NC(=O)NC1(C)Oc1cc(C)c(C)cc12. The number of nitrogens with one attached hydrogen (secondary N) is 2. The van der Waals surface area contributed by atoms with Gasteiger partial charge in [0.15, 0.2) is 5.72 Å². The van der Waals surface area contributed by atoms with Crippen molar-refractivity contribution < 1.29 is 19.1 Å². The molecule has 2 aliphatic heterocycles. The second-order valence-electron chi connectivity index (χ2n) is 5.76. The van der Waals surface area contributed by atoms with Crippen LogP contribution in [0.5, 0.6) is 5.75 Å². The molecule has 1 aromatic rings. The van der Waals surface area contributed by atoms with Crippen LogP contribution >= 0.6 is 0 Å². The number of carbonyl (C=O) groups excluding carboxylic acids is 2. The Morgan fingerprint density at radius 1 is 1.33 bits per heavy atom. The lowest BCUT2D eigenvalue weighted by molar-refractivity contribution is -0.160. The molecule has 2 heterocycles. The Hall–Kier alpha value is -2.24. The maximum atomic E-state index is 12.2. The van der Waals surface area contributed by atoms with Crippen molar-refractivity contribution in [3.8, 4) is 5.75 Å². The molecular formula is C15H18N2O4. The van der Waals surface area contributed by atoms with Gasteiger partial charge in [-0.25, -0.2) is 4.79 Å². The van der Waals surface area contributed by atoms with Crippen molar-refractivity contribution >= 4 is 12.0 Å². The van der Waals surface area contributed by atoms with Crippen molar-refractivity contribution in [1.82, 2.24) is 10.6 Å². The monoisotopic (exact) mass is 290 g/mol. The van der Waals surface area contributed by atoms with Crippen LogP contribution in [0.25, 0.3) is 0 Å². The van der Waals surface area contributed by atoms with Crippen LogP contribution in [0.15, 0.2) is 12.1 Å². The molecule has 2 aliphatic rings. The lowest BCUT2D eigenvalue weighted by Crippen LogP contribution is -2.70. The first-order chi connectivity index (χ1) is 9.85. The van der Waals surface area contributed by atoms with Crippen LogP contribution in [0.1, 0.15) is 29.7 Å². The summed E-state index contributed by atoms with van der Waals surface area (Å²) in [6.45, 7) is 5.67. The number of carbonyl (C=O) groups is 2. The van der Waals surface area contributed by atoms with E-state index in [1.165, 1.54) is 7.11 Å². The van der Waals surface area contributed by atoms with Gasteiger partial charge in [0.25, 0.3) is 0 Å². The van der Waals surface area contributed by atoms with Gasteiger partial charge in [0.1, 0.15) is 11.7 Å². The highest BCUT2D eigenvalue weighted by atomic mass is 16.5. The molecule has 0 saturated carbocycles. The van der Waals surface area contributed by atoms with Gasteiger partial charge in [0.05, 0.1) is 13.2 Å². The molecular weight excluding hydrogens is 272 g/mol. The number of methoxy groups -OCH3 is 1. The van der Waals surface area contributed by atoms with E-state index in [2.05, 4.69) is 10.6 Å². The van der Waals surface area contributed by atoms with Gasteiger partial charge < -0.3 is 14.8 Å². The summed E-state index contributed by atoms with van der Waals surface area (Å²) in [5.41, 5.74) is 1.87. The highest BCUT2D eigenvalue weighted by molar-refractivity contribution is 5.84. The van der Waals surface area contributed by atoms with Gasteiger partial charge in [0.2, 0.25) is 0 Å². The highest BCUT2D eigenvalue weighted by Crippen LogP contribution is 2.45. The number of ether oxygens (including phenoxy) is 2. The number of urea groups is 1. The summed E-state index contributed by atoms with van der Waals surface area (Å²) in [6.07, 6.45) is 0. The summed E-state index contributed by atoms with van der Waals surface area (Å²) >= 11 is 0. The number of hydrogen-bond donors (Lipinski definition) is 2. The topological polar surface area (TPSA) is 76.7 Å². The van der Waals surface area contributed by atoms with E-state index < -0.39 is 23.7 Å². The molecule has 1 fully saturated rings. The molecule has 1 saturated heterocycles. The molecule has 112 valence electrons. The minimum atomic E-state index is -1.12. The van der Waals surface area contributed by atoms with Crippen molar-refractivity contribution in [2.75, 3.05) is 7.11 Å². The first-order valence-corrected chi connectivity index (χ1v) is 6.82. The Morgan fingerprint density at radius 2 is 2.00 bits per heavy atom. The van der Waals surface area contributed by atoms with E-state index in [0.29, 0.717) is 5.75 Å². The van der Waals surface area contributed by atoms with Gasteiger partial charge in [-0.05, 0) is 38.0 Å². The fourth-order valence-electron chi connectivity index (χ4n) is 3.09. The lowest BCUT2D eigenvalue weighted by Gasteiger charge is -2.49. The van der Waals surface area contributed by atoms with Crippen LogP contribution in [-0.4, -0.2) is 24.8 Å². The van der Waals surface area contributed by atoms with Crippen LogP contribution in [-0.2, 0) is 9.53 Å². The molecule has 3 rings (SSSR count). The molecule has 2 amide bonds. The average Bonchev–Trinajstić information content (AvgIpc) is 2.39. The van der Waals surface area contributed by atoms with Gasteiger partial charge in [-0.1, -0.05) is 6.07 Å². The van der Waals surface area contributed by atoms with E-state index in [9.17, 15) is 9.59 Å². The largest absolute Gasteiger partial charge is 0.469 e. The molecule has 2 N–H and O–H groups in total. The third-order valence-corrected chi connectivity index (χ3v) is 4.31. The second-order valence-corrected chi connectivity index (χ2v) is 5.76. The van der Waals surface area contributed by atoms with E-state index in [1.54, 1.807) is 6.92 Å². The van der Waals surface area contributed by atoms with E-state index in [1.807, 2.05) is 26.0 Å². The Labute approximate surface area is 122 Å². The van der Waals surface area contributed by atoms with Crippen molar-refractivity contribution in [3.05, 3.63) is 28.8 Å². The van der Waals surface area contributed by atoms with Crippen molar-refractivity contribution in [2.45, 2.75) is 32.5 Å². The van der Waals surface area contributed by atoms with Crippen molar-refractivity contribution in [3.63, 3.8) is 0 Å². The molecule has 1 aromatic carbocycles. The second kappa shape index (κ2) is 4.38. The van der Waals surface area contributed by atoms with Gasteiger partial charge in [-0.15, -0.1) is 0 Å². The van der Waals surface area contributed by atoms with E-state index in [0.717, 1.165) is 16.7 Å². The average molecular weight is 290 g/mol. The number of amides is 2. The summed E-state index contributed by atoms with van der Waals surface area (Å²) in [7, 11) is 1.33. The molecule has 6 heteroatoms. The predicted molar refractivity (Wildman–Crippen MR) is 74.9 cm³/mol. The summed E-state index contributed by atoms with van der Waals surface area (Å²) < 4.78 is 10.8. The number of benzene rings is 1. The number of esters is 1. The molecule has 0 radical (unpaired) electrons. The zero-order chi connectivity index (χ0) is 15.4. The Balaban J connectivity index is 2.18. The molecule has 0 spiro atoms. The fraction of sp³-hybridized carbons (Fsp3) is 0.467. The van der Waals surface area contributed by atoms with E-state index in [4.69, 9.17) is 9.47 Å². The Kier molecular flexibility index (Phi) is 2.86. The smallest absolute Gasteiger partial charge is 0.318 e. The van der Waals surface area contributed by atoms with Crippen LogP contribution in [0, 0.1) is 19.8 Å². The third-order valence-electron chi connectivity index (χ3n) is 4.31. The lowest BCUT2D eigenvalue weighted by atomic mass is 9.79. The van der Waals surface area contributed by atoms with Gasteiger partial charge >= 0.3 is 12.0 Å². The normalized spacial score (nSPS) is 29.6. The van der Waals surface area contributed by atoms with Gasteiger partial charge in [-0.3, -0.25) is 10.1 Å². The quantitative estimate of drug-likeness (QED) is 0.769. The third kappa shape index (κ3) is 1.93. The molecule has 6 nitrogen and oxygen atoms in total. The zero-order valence-electron chi connectivity index (χ0n) is 12.4. The Morgan fingerprint density at radius 3 is 2.67 bits per heavy atom. The number of fused-ring (bicyclic) bond motifs is 4. The summed E-state index contributed by atoms with van der Waals surface area (Å²) in [5.74, 6) is -0.382. The van der Waals surface area contributed by atoms with Crippen LogP contribution in [0.3, 0.4) is 0 Å². The van der Waals surface area contributed by atoms with Gasteiger partial charge in [-0.2, -0.15) is 0 Å². The maximum absolute atomic E-state index is 12.2. The standard InChI is InChI=1S/C15H18N2O4/c1-7-5-9-10(6-8(7)2)21-15(3)11(13(18)20-4)12(9)16-14(19)17-15/h5-6,11-12H,1-4H3,(H2,16,17,19). The van der Waals surface area contributed by atoms with Crippen LogP contribution < -0.4 is 15.4 Å². The number of rotatable bonds is 1. The van der Waals surface area contributed by atoms with Crippen molar-refractivity contribution in [2.24, 2.45) is 5.92 Å². The van der Waals surface area contributed by atoms with Gasteiger partial charge in [0, 0.05) is 5.56 Å². The summed E-state index contributed by atoms with van der Waals surface area (Å²) in [5, 5.41) is 5.50. The minimum absolute atomic E-state index is 0.355. The number of aryl methyl sites for hydroxylation is 2. The first-order valence-electron chi connectivity index (χ1n) is 6.82. The molecule has 0 aromatic heterocycles. The summed E-state index contributed by atoms with van der Waals surface area (Å²) in [4.78, 5) is 24.0. The fourth-order valence-corrected chi connectivity index (χ4v) is 3.09. The maximum Gasteiger partial charge on any atom is 0.318 e.